The van der Waals surface area contributed by atoms with Crippen molar-refractivity contribution in [3.63, 3.8) is 0 Å². The Labute approximate surface area is 110 Å². The average Bonchev–Trinajstić information content (AvgIpc) is 3.16. The van der Waals surface area contributed by atoms with E-state index < -0.39 is 0 Å². The Morgan fingerprint density at radius 2 is 2.33 bits per heavy atom. The van der Waals surface area contributed by atoms with Crippen LogP contribution in [0.15, 0.2) is 24.5 Å². The minimum absolute atomic E-state index is 0.219. The molecule has 2 heterocycles. The van der Waals surface area contributed by atoms with Crippen LogP contribution < -0.4 is 11.1 Å². The van der Waals surface area contributed by atoms with Crippen molar-refractivity contribution in [2.24, 2.45) is 0 Å². The topological polar surface area (TPSA) is 63.8 Å². The first-order chi connectivity index (χ1) is 8.75. The maximum Gasteiger partial charge on any atom is 0.142 e. The van der Waals surface area contributed by atoms with Gasteiger partial charge < -0.3 is 11.1 Å². The molecule has 1 aliphatic carbocycles. The summed E-state index contributed by atoms with van der Waals surface area (Å²) in [7, 11) is 0. The standard InChI is InChI=1S/C13H16N4S/c1-8(10-3-2-6-15-7-10)16-13-11(9-4-5-9)12(14)17-18-13/h2-3,6-9,16H,4-5H2,1H3,(H2,14,17). The third-order valence-electron chi connectivity index (χ3n) is 3.27. The predicted molar refractivity (Wildman–Crippen MR) is 74.8 cm³/mol. The molecule has 0 radical (unpaired) electrons. The Hall–Kier alpha value is -1.62. The minimum atomic E-state index is 0.219. The summed E-state index contributed by atoms with van der Waals surface area (Å²) in [6.45, 7) is 2.13. The Balaban J connectivity index is 1.80. The number of pyridine rings is 1. The lowest BCUT2D eigenvalue weighted by atomic mass is 10.1. The lowest BCUT2D eigenvalue weighted by molar-refractivity contribution is 0.876. The summed E-state index contributed by atoms with van der Waals surface area (Å²) in [4.78, 5) is 4.15. The van der Waals surface area contributed by atoms with E-state index in [0.29, 0.717) is 11.7 Å². The number of hydrogen-bond acceptors (Lipinski definition) is 5. The Kier molecular flexibility index (Phi) is 2.91. The summed E-state index contributed by atoms with van der Waals surface area (Å²) < 4.78 is 4.27. The molecule has 1 unspecified atom stereocenters. The highest BCUT2D eigenvalue weighted by molar-refractivity contribution is 7.10. The van der Waals surface area contributed by atoms with Crippen LogP contribution in [0.5, 0.6) is 0 Å². The second-order valence-electron chi connectivity index (χ2n) is 4.74. The summed E-state index contributed by atoms with van der Waals surface area (Å²) >= 11 is 1.46. The summed E-state index contributed by atoms with van der Waals surface area (Å²) in [6, 6.07) is 4.25. The van der Waals surface area contributed by atoms with Crippen molar-refractivity contribution in [3.05, 3.63) is 35.7 Å². The number of nitrogens with two attached hydrogens (primary N) is 1. The lowest BCUT2D eigenvalue weighted by Crippen LogP contribution is -2.07. The molecule has 5 heteroatoms. The zero-order valence-corrected chi connectivity index (χ0v) is 11.1. The quantitative estimate of drug-likeness (QED) is 0.886. The molecule has 1 aliphatic rings. The van der Waals surface area contributed by atoms with Gasteiger partial charge in [0.05, 0.1) is 6.04 Å². The number of hydrogen-bond donors (Lipinski definition) is 2. The van der Waals surface area contributed by atoms with Crippen molar-refractivity contribution < 1.29 is 0 Å². The first-order valence-electron chi connectivity index (χ1n) is 6.17. The third kappa shape index (κ3) is 2.18. The first kappa shape index (κ1) is 11.5. The molecule has 2 aromatic heterocycles. The van der Waals surface area contributed by atoms with Crippen LogP contribution >= 0.6 is 11.5 Å². The summed E-state index contributed by atoms with van der Waals surface area (Å²) in [5, 5.41) is 4.62. The number of nitrogens with zero attached hydrogens (tertiary/aromatic N) is 2. The van der Waals surface area contributed by atoms with Gasteiger partial charge in [-0.15, -0.1) is 0 Å². The Bertz CT molecular complexity index is 533. The molecule has 1 atom stereocenters. The van der Waals surface area contributed by atoms with Gasteiger partial charge in [0.1, 0.15) is 10.8 Å². The van der Waals surface area contributed by atoms with Crippen molar-refractivity contribution in [3.8, 4) is 0 Å². The van der Waals surface area contributed by atoms with Crippen LogP contribution in [-0.2, 0) is 0 Å². The van der Waals surface area contributed by atoms with Crippen LogP contribution in [0.25, 0.3) is 0 Å². The first-order valence-corrected chi connectivity index (χ1v) is 6.94. The summed E-state index contributed by atoms with van der Waals surface area (Å²) in [6.07, 6.45) is 6.15. The number of anilines is 2. The molecule has 0 bridgehead atoms. The van der Waals surface area contributed by atoms with E-state index in [1.807, 2.05) is 12.3 Å². The van der Waals surface area contributed by atoms with Gasteiger partial charge in [-0.1, -0.05) is 6.07 Å². The highest BCUT2D eigenvalue weighted by Crippen LogP contribution is 2.48. The highest BCUT2D eigenvalue weighted by Gasteiger charge is 2.30. The minimum Gasteiger partial charge on any atom is -0.383 e. The predicted octanol–water partition coefficient (Wildman–Crippen LogP) is 3.17. The van der Waals surface area contributed by atoms with E-state index in [4.69, 9.17) is 5.73 Å². The van der Waals surface area contributed by atoms with Crippen LogP contribution in [-0.4, -0.2) is 9.36 Å². The molecule has 2 aromatic rings. The molecule has 1 saturated carbocycles. The second kappa shape index (κ2) is 4.57. The van der Waals surface area contributed by atoms with E-state index in [9.17, 15) is 0 Å². The molecular formula is C13H16N4S. The zero-order valence-electron chi connectivity index (χ0n) is 10.3. The zero-order chi connectivity index (χ0) is 12.5. The summed E-state index contributed by atoms with van der Waals surface area (Å²) in [5.74, 6) is 1.32. The molecule has 0 spiro atoms. The van der Waals surface area contributed by atoms with Gasteiger partial charge in [-0.05, 0) is 48.8 Å². The Morgan fingerprint density at radius 3 is 3.00 bits per heavy atom. The largest absolute Gasteiger partial charge is 0.383 e. The highest BCUT2D eigenvalue weighted by atomic mass is 32.1. The van der Waals surface area contributed by atoms with Crippen molar-refractivity contribution in [1.29, 1.82) is 0 Å². The van der Waals surface area contributed by atoms with Crippen LogP contribution in [0.1, 0.15) is 42.9 Å². The molecule has 3 N–H and O–H groups in total. The van der Waals surface area contributed by atoms with E-state index in [-0.39, 0.29) is 6.04 Å². The molecule has 1 fully saturated rings. The molecule has 4 nitrogen and oxygen atoms in total. The fraction of sp³-hybridized carbons (Fsp3) is 0.385. The van der Waals surface area contributed by atoms with Gasteiger partial charge in [0, 0.05) is 18.0 Å². The van der Waals surface area contributed by atoms with Gasteiger partial charge in [-0.3, -0.25) is 4.98 Å². The van der Waals surface area contributed by atoms with Gasteiger partial charge in [0.25, 0.3) is 0 Å². The van der Waals surface area contributed by atoms with Crippen LogP contribution in [0.4, 0.5) is 10.8 Å². The number of rotatable bonds is 4. The van der Waals surface area contributed by atoms with Gasteiger partial charge in [-0.2, -0.15) is 4.37 Å². The van der Waals surface area contributed by atoms with Crippen molar-refractivity contribution in [2.75, 3.05) is 11.1 Å². The van der Waals surface area contributed by atoms with E-state index in [0.717, 1.165) is 5.00 Å². The monoisotopic (exact) mass is 260 g/mol. The molecule has 18 heavy (non-hydrogen) atoms. The van der Waals surface area contributed by atoms with Gasteiger partial charge in [-0.25, -0.2) is 0 Å². The third-order valence-corrected chi connectivity index (χ3v) is 4.08. The smallest absolute Gasteiger partial charge is 0.142 e. The van der Waals surface area contributed by atoms with Crippen LogP contribution in [0.2, 0.25) is 0 Å². The SMILES string of the molecule is CC(Nc1snc(N)c1C1CC1)c1cccnc1. The lowest BCUT2D eigenvalue weighted by Gasteiger charge is -2.14. The van der Waals surface area contributed by atoms with E-state index in [2.05, 4.69) is 27.7 Å². The van der Waals surface area contributed by atoms with E-state index >= 15 is 0 Å². The van der Waals surface area contributed by atoms with Crippen LogP contribution in [0, 0.1) is 0 Å². The van der Waals surface area contributed by atoms with E-state index in [1.165, 1.54) is 35.5 Å². The Morgan fingerprint density at radius 1 is 1.50 bits per heavy atom. The number of nitrogen functional groups attached to an aromatic ring is 1. The number of aromatic nitrogens is 2. The van der Waals surface area contributed by atoms with Gasteiger partial charge >= 0.3 is 0 Å². The molecule has 0 amide bonds. The number of nitrogens with one attached hydrogen (secondary N) is 1. The average molecular weight is 260 g/mol. The maximum atomic E-state index is 5.94. The maximum absolute atomic E-state index is 5.94. The van der Waals surface area contributed by atoms with Crippen molar-refractivity contribution in [2.45, 2.75) is 31.7 Å². The fourth-order valence-corrected chi connectivity index (χ4v) is 2.98. The molecule has 94 valence electrons. The van der Waals surface area contributed by atoms with Crippen LogP contribution in [0.3, 0.4) is 0 Å². The van der Waals surface area contributed by atoms with Gasteiger partial charge in [0.2, 0.25) is 0 Å². The summed E-state index contributed by atoms with van der Waals surface area (Å²) in [5.41, 5.74) is 8.33. The normalized spacial score (nSPS) is 16.5. The molecular weight excluding hydrogens is 244 g/mol. The van der Waals surface area contributed by atoms with E-state index in [1.54, 1.807) is 6.20 Å². The van der Waals surface area contributed by atoms with Gasteiger partial charge in [0.15, 0.2) is 0 Å². The fourth-order valence-electron chi connectivity index (χ4n) is 2.09. The second-order valence-corrected chi connectivity index (χ2v) is 5.51. The molecule has 3 rings (SSSR count). The molecule has 0 saturated heterocycles. The van der Waals surface area contributed by atoms with Crippen molar-refractivity contribution in [1.82, 2.24) is 9.36 Å². The van der Waals surface area contributed by atoms with Crippen molar-refractivity contribution >= 4 is 22.4 Å². The molecule has 0 aromatic carbocycles. The molecule has 0 aliphatic heterocycles.